The highest BCUT2D eigenvalue weighted by Crippen LogP contribution is 2.27. The molecule has 0 unspecified atom stereocenters. The molecule has 0 spiro atoms. The second-order valence-electron chi connectivity index (χ2n) is 12.7. The number of ether oxygens (including phenoxy) is 3. The molecule has 0 saturated carbocycles. The van der Waals surface area contributed by atoms with Crippen molar-refractivity contribution in [1.29, 1.82) is 0 Å². The molecule has 44 heavy (non-hydrogen) atoms. The second-order valence-corrected chi connectivity index (χ2v) is 12.7. The van der Waals surface area contributed by atoms with Crippen molar-refractivity contribution in [2.75, 3.05) is 52.9 Å². The second kappa shape index (κ2) is 16.4. The summed E-state index contributed by atoms with van der Waals surface area (Å²) in [6.45, 7) is 10.6. The number of β-amino-alcohol motifs (C(OH)–C–C–N with tert-alkyl or cyclic N) is 1. The summed E-state index contributed by atoms with van der Waals surface area (Å²) in [6, 6.07) is 0. The van der Waals surface area contributed by atoms with Gasteiger partial charge in [-0.3, -0.25) is 4.79 Å². The van der Waals surface area contributed by atoms with Crippen molar-refractivity contribution in [2.24, 2.45) is 11.8 Å². The Hall–Kier alpha value is -2.93. The SMILES string of the molecule is C/C(=C\C=C\[C@@H](C)COC(=O)N1CC[C@@H](O)C1)[C@H]1OC(=O)C[C@@H](O)CC[C@](C)(O)[C@H](OC(=O)N2CCN(C)CC2)/C=C/[C@@H]1C. The highest BCUT2D eigenvalue weighted by atomic mass is 16.6. The van der Waals surface area contributed by atoms with E-state index in [0.717, 1.165) is 18.7 Å². The molecule has 3 rings (SSSR count). The van der Waals surface area contributed by atoms with E-state index in [0.29, 0.717) is 26.1 Å². The van der Waals surface area contributed by atoms with Crippen LogP contribution >= 0.6 is 0 Å². The summed E-state index contributed by atoms with van der Waals surface area (Å²) >= 11 is 0. The highest BCUT2D eigenvalue weighted by Gasteiger charge is 2.37. The standard InChI is InChI=1S/C32H51N3O9/c1-22(21-42-30(39)35-14-12-26(37)20-35)7-6-8-23(2)29-24(3)9-10-27(43-31(40)34-17-15-33(5)16-18-34)32(4,41)13-11-25(36)19-28(38)44-29/h6-10,22,24-27,29,36-37,41H,11-21H2,1-5H3/b7-6+,10-9+,23-8+/t22-,24+,25+,26-,27-,29-,32+/m1/s1. The number of amides is 2. The molecule has 3 N–H and O–H groups in total. The first kappa shape index (κ1) is 35.5. The Balaban J connectivity index is 1.70. The molecule has 7 atom stereocenters. The number of cyclic esters (lactones) is 1. The third-order valence-electron chi connectivity index (χ3n) is 8.45. The van der Waals surface area contributed by atoms with Gasteiger partial charge in [0.2, 0.25) is 0 Å². The van der Waals surface area contributed by atoms with Crippen LogP contribution in [0.4, 0.5) is 9.59 Å². The smallest absolute Gasteiger partial charge is 0.410 e. The molecule has 0 radical (unpaired) electrons. The zero-order valence-electron chi connectivity index (χ0n) is 26.8. The van der Waals surface area contributed by atoms with Crippen molar-refractivity contribution in [3.05, 3.63) is 36.0 Å². The number of likely N-dealkylation sites (tertiary alicyclic amines) is 1. The van der Waals surface area contributed by atoms with Crippen molar-refractivity contribution in [3.63, 3.8) is 0 Å². The minimum absolute atomic E-state index is 0.0835. The number of nitrogens with zero attached hydrogens (tertiary/aromatic N) is 3. The normalized spacial score (nSPS) is 32.9. The molecule has 0 aliphatic carbocycles. The Morgan fingerprint density at radius 1 is 1.09 bits per heavy atom. The number of aliphatic hydroxyl groups excluding tert-OH is 2. The molecule has 2 fully saturated rings. The van der Waals surface area contributed by atoms with E-state index in [-0.39, 0.29) is 44.2 Å². The lowest BCUT2D eigenvalue weighted by Crippen LogP contribution is -2.50. The third-order valence-corrected chi connectivity index (χ3v) is 8.45. The Morgan fingerprint density at radius 2 is 1.80 bits per heavy atom. The van der Waals surface area contributed by atoms with Gasteiger partial charge in [0, 0.05) is 51.1 Å². The number of allylic oxidation sites excluding steroid dienone is 2. The zero-order chi connectivity index (χ0) is 32.4. The molecule has 248 valence electrons. The number of esters is 1. The first-order valence-electron chi connectivity index (χ1n) is 15.6. The predicted octanol–water partition coefficient (Wildman–Crippen LogP) is 2.48. The van der Waals surface area contributed by atoms with Crippen LogP contribution in [0.25, 0.3) is 0 Å². The average Bonchev–Trinajstić information content (AvgIpc) is 3.41. The molecule has 2 saturated heterocycles. The molecule has 0 aromatic heterocycles. The quantitative estimate of drug-likeness (QED) is 0.175. The maximum atomic E-state index is 13.0. The first-order chi connectivity index (χ1) is 20.7. The summed E-state index contributed by atoms with van der Waals surface area (Å²) in [4.78, 5) is 43.2. The summed E-state index contributed by atoms with van der Waals surface area (Å²) in [5.74, 6) is -0.986. The van der Waals surface area contributed by atoms with Crippen LogP contribution < -0.4 is 0 Å². The number of aliphatic hydroxyl groups is 3. The molecule has 0 aromatic rings. The van der Waals surface area contributed by atoms with Gasteiger partial charge in [-0.05, 0) is 51.8 Å². The summed E-state index contributed by atoms with van der Waals surface area (Å²) in [7, 11) is 1.99. The molecule has 3 aliphatic rings. The van der Waals surface area contributed by atoms with Gasteiger partial charge in [-0.2, -0.15) is 0 Å². The number of rotatable bonds is 6. The van der Waals surface area contributed by atoms with Gasteiger partial charge < -0.3 is 44.2 Å². The van der Waals surface area contributed by atoms with Gasteiger partial charge in [0.15, 0.2) is 6.10 Å². The van der Waals surface area contributed by atoms with E-state index in [1.165, 1.54) is 4.90 Å². The van der Waals surface area contributed by atoms with E-state index < -0.39 is 48.2 Å². The Morgan fingerprint density at radius 3 is 2.45 bits per heavy atom. The van der Waals surface area contributed by atoms with Gasteiger partial charge in [0.1, 0.15) is 11.7 Å². The number of hydrogen-bond acceptors (Lipinski definition) is 10. The van der Waals surface area contributed by atoms with Crippen LogP contribution in [-0.4, -0.2) is 131 Å². The van der Waals surface area contributed by atoms with Crippen LogP contribution in [0.3, 0.4) is 0 Å². The first-order valence-corrected chi connectivity index (χ1v) is 15.6. The van der Waals surface area contributed by atoms with Gasteiger partial charge in [-0.1, -0.05) is 38.2 Å². The van der Waals surface area contributed by atoms with Crippen molar-refractivity contribution < 1.29 is 43.9 Å². The van der Waals surface area contributed by atoms with Crippen molar-refractivity contribution >= 4 is 18.2 Å². The highest BCUT2D eigenvalue weighted by molar-refractivity contribution is 5.70. The third kappa shape index (κ3) is 10.9. The lowest BCUT2D eigenvalue weighted by molar-refractivity contribution is -0.151. The minimum atomic E-state index is -1.47. The van der Waals surface area contributed by atoms with Crippen molar-refractivity contribution in [1.82, 2.24) is 14.7 Å². The Bertz CT molecular complexity index is 1070. The number of likely N-dealkylation sites (N-methyl/N-ethyl adjacent to an activating group) is 1. The van der Waals surface area contributed by atoms with Crippen molar-refractivity contribution in [2.45, 2.75) is 83.4 Å². The van der Waals surface area contributed by atoms with Gasteiger partial charge in [-0.25, -0.2) is 9.59 Å². The Labute approximate surface area is 260 Å². The van der Waals surface area contributed by atoms with Crippen molar-refractivity contribution in [3.8, 4) is 0 Å². The van der Waals surface area contributed by atoms with Crippen LogP contribution in [0, 0.1) is 11.8 Å². The molecule has 3 heterocycles. The fourth-order valence-corrected chi connectivity index (χ4v) is 5.37. The molecule has 0 bridgehead atoms. The number of hydrogen-bond donors (Lipinski definition) is 3. The summed E-state index contributed by atoms with van der Waals surface area (Å²) < 4.78 is 17.0. The van der Waals surface area contributed by atoms with Gasteiger partial charge in [-0.15, -0.1) is 0 Å². The summed E-state index contributed by atoms with van der Waals surface area (Å²) in [5.41, 5.74) is -0.730. The monoisotopic (exact) mass is 621 g/mol. The van der Waals surface area contributed by atoms with E-state index in [2.05, 4.69) is 4.90 Å². The van der Waals surface area contributed by atoms with E-state index in [1.54, 1.807) is 24.0 Å². The van der Waals surface area contributed by atoms with E-state index >= 15 is 0 Å². The average molecular weight is 622 g/mol. The van der Waals surface area contributed by atoms with E-state index in [4.69, 9.17) is 14.2 Å². The zero-order valence-corrected chi connectivity index (χ0v) is 26.8. The van der Waals surface area contributed by atoms with Crippen LogP contribution in [0.1, 0.15) is 53.4 Å². The van der Waals surface area contributed by atoms with Crippen LogP contribution in [0.5, 0.6) is 0 Å². The Kier molecular flexibility index (Phi) is 13.2. The molecular formula is C32H51N3O9. The fraction of sp³-hybridized carbons (Fsp3) is 0.719. The van der Waals surface area contributed by atoms with E-state index in [1.807, 2.05) is 46.0 Å². The van der Waals surface area contributed by atoms with Crippen LogP contribution in [0.15, 0.2) is 36.0 Å². The maximum absolute atomic E-state index is 13.0. The fourth-order valence-electron chi connectivity index (χ4n) is 5.37. The largest absolute Gasteiger partial charge is 0.457 e. The lowest BCUT2D eigenvalue weighted by atomic mass is 9.89. The van der Waals surface area contributed by atoms with Gasteiger partial charge in [0.05, 0.1) is 25.2 Å². The minimum Gasteiger partial charge on any atom is -0.457 e. The topological polar surface area (TPSA) is 149 Å². The van der Waals surface area contributed by atoms with Crippen LogP contribution in [0.2, 0.25) is 0 Å². The summed E-state index contributed by atoms with van der Waals surface area (Å²) in [6.07, 6.45) is 5.36. The number of carbonyl (C=O) groups excluding carboxylic acids is 3. The van der Waals surface area contributed by atoms with E-state index in [9.17, 15) is 29.7 Å². The number of carbonyl (C=O) groups is 3. The molecule has 12 heteroatoms. The number of piperazine rings is 1. The molecule has 3 aliphatic heterocycles. The predicted molar refractivity (Wildman–Crippen MR) is 164 cm³/mol. The van der Waals surface area contributed by atoms with Gasteiger partial charge in [0.25, 0.3) is 0 Å². The molecule has 12 nitrogen and oxygen atoms in total. The lowest BCUT2D eigenvalue weighted by Gasteiger charge is -2.36. The summed E-state index contributed by atoms with van der Waals surface area (Å²) in [5, 5.41) is 31.5. The van der Waals surface area contributed by atoms with Gasteiger partial charge >= 0.3 is 18.2 Å². The van der Waals surface area contributed by atoms with Crippen LogP contribution in [-0.2, 0) is 19.0 Å². The molecule has 0 aromatic carbocycles. The molecule has 2 amide bonds. The maximum Gasteiger partial charge on any atom is 0.410 e. The molecular weight excluding hydrogens is 570 g/mol.